The van der Waals surface area contributed by atoms with Gasteiger partial charge in [-0.25, -0.2) is 13.2 Å². The topological polar surface area (TPSA) is 9.23 Å². The van der Waals surface area contributed by atoms with E-state index in [0.717, 1.165) is 5.56 Å². The summed E-state index contributed by atoms with van der Waals surface area (Å²) in [7, 11) is 0. The summed E-state index contributed by atoms with van der Waals surface area (Å²) >= 11 is 0. The van der Waals surface area contributed by atoms with Gasteiger partial charge in [-0.1, -0.05) is 48.6 Å². The minimum absolute atomic E-state index is 0.120. The van der Waals surface area contributed by atoms with E-state index in [0.29, 0.717) is 24.0 Å². The molecule has 30 heavy (non-hydrogen) atoms. The van der Waals surface area contributed by atoms with Gasteiger partial charge in [0.25, 0.3) is 0 Å². The summed E-state index contributed by atoms with van der Waals surface area (Å²) in [5.74, 6) is -3.79. The number of ether oxygens (including phenoxy) is 1. The highest BCUT2D eigenvalue weighted by Crippen LogP contribution is 2.30. The van der Waals surface area contributed by atoms with E-state index < -0.39 is 23.3 Å². The largest absolute Gasteiger partial charge is 0.491 e. The maximum absolute atomic E-state index is 14.4. The van der Waals surface area contributed by atoms with Crippen LogP contribution in [0, 0.1) is 23.3 Å². The van der Waals surface area contributed by atoms with Gasteiger partial charge in [0.2, 0.25) is 5.82 Å². The van der Waals surface area contributed by atoms with Gasteiger partial charge in [-0.2, -0.15) is 4.39 Å². The van der Waals surface area contributed by atoms with Crippen molar-refractivity contribution in [2.24, 2.45) is 0 Å². The number of allylic oxidation sites excluding steroid dienone is 1. The third-order valence-electron chi connectivity index (χ3n) is 4.83. The van der Waals surface area contributed by atoms with E-state index in [2.05, 4.69) is 0 Å². The van der Waals surface area contributed by atoms with Crippen LogP contribution in [0.4, 0.5) is 17.6 Å². The quantitative estimate of drug-likeness (QED) is 0.374. The second-order valence-electron chi connectivity index (χ2n) is 6.81. The minimum atomic E-state index is -1.02. The van der Waals surface area contributed by atoms with Crippen LogP contribution in [0.25, 0.3) is 17.2 Å². The van der Waals surface area contributed by atoms with Gasteiger partial charge in [-0.15, -0.1) is 0 Å². The molecule has 0 unspecified atom stereocenters. The normalized spacial score (nSPS) is 11.3. The van der Waals surface area contributed by atoms with E-state index in [9.17, 15) is 17.6 Å². The highest BCUT2D eigenvalue weighted by atomic mass is 19.2. The van der Waals surface area contributed by atoms with E-state index in [1.54, 1.807) is 56.3 Å². The zero-order valence-electron chi connectivity index (χ0n) is 16.8. The average molecular weight is 414 g/mol. The Morgan fingerprint density at radius 3 is 2.17 bits per heavy atom. The molecule has 0 amide bonds. The molecule has 1 nitrogen and oxygen atoms in total. The predicted molar refractivity (Wildman–Crippen MR) is 111 cm³/mol. The average Bonchev–Trinajstić information content (AvgIpc) is 2.75. The van der Waals surface area contributed by atoms with Gasteiger partial charge in [-0.3, -0.25) is 0 Å². The molecular weight excluding hydrogens is 392 g/mol. The lowest BCUT2D eigenvalue weighted by Crippen LogP contribution is -2.00. The van der Waals surface area contributed by atoms with Crippen molar-refractivity contribution in [1.29, 1.82) is 0 Å². The van der Waals surface area contributed by atoms with Crippen molar-refractivity contribution in [1.82, 2.24) is 0 Å². The highest BCUT2D eigenvalue weighted by Gasteiger charge is 2.16. The molecule has 3 aromatic rings. The summed E-state index contributed by atoms with van der Waals surface area (Å²) < 4.78 is 61.8. The van der Waals surface area contributed by atoms with Gasteiger partial charge in [-0.05, 0) is 55.5 Å². The van der Waals surface area contributed by atoms with Crippen molar-refractivity contribution >= 4 is 6.08 Å². The first kappa shape index (κ1) is 21.6. The standard InChI is InChI=1S/C25H22F4O/c1-3-5-18-12-13-19(23(27)22(18)26)11-8-16-6-9-17(10-7-16)20-14-15-21(30-4-2)25(29)24(20)28/h3,5-7,9-10,12-15H,4,8,11H2,1-2H3/b5-3+. The molecule has 0 N–H and O–H groups in total. The summed E-state index contributed by atoms with van der Waals surface area (Å²) in [5, 5.41) is 0. The van der Waals surface area contributed by atoms with Crippen LogP contribution in [0.2, 0.25) is 0 Å². The first-order valence-corrected chi connectivity index (χ1v) is 9.76. The monoisotopic (exact) mass is 414 g/mol. The number of hydrogen-bond donors (Lipinski definition) is 0. The number of hydrogen-bond acceptors (Lipinski definition) is 1. The molecule has 3 rings (SSSR count). The fraction of sp³-hybridized carbons (Fsp3) is 0.200. The highest BCUT2D eigenvalue weighted by molar-refractivity contribution is 5.65. The zero-order valence-corrected chi connectivity index (χ0v) is 16.8. The van der Waals surface area contributed by atoms with E-state index >= 15 is 0 Å². The van der Waals surface area contributed by atoms with Crippen molar-refractivity contribution in [3.05, 3.63) is 94.6 Å². The van der Waals surface area contributed by atoms with Crippen molar-refractivity contribution in [2.75, 3.05) is 6.61 Å². The number of aryl methyl sites for hydroxylation is 2. The number of halogens is 4. The smallest absolute Gasteiger partial charge is 0.201 e. The predicted octanol–water partition coefficient (Wildman–Crippen LogP) is 7.13. The molecule has 0 bridgehead atoms. The van der Waals surface area contributed by atoms with Crippen LogP contribution in [0.1, 0.15) is 30.5 Å². The molecule has 3 aromatic carbocycles. The molecule has 0 saturated carbocycles. The zero-order chi connectivity index (χ0) is 21.7. The van der Waals surface area contributed by atoms with Crippen LogP contribution in [-0.4, -0.2) is 6.61 Å². The summed E-state index contributed by atoms with van der Waals surface area (Å²) in [6, 6.07) is 12.9. The van der Waals surface area contributed by atoms with E-state index in [-0.39, 0.29) is 23.5 Å². The SMILES string of the molecule is C/C=C/c1ccc(CCc2ccc(-c3ccc(OCC)c(F)c3F)cc2)c(F)c1F. The van der Waals surface area contributed by atoms with Crippen LogP contribution >= 0.6 is 0 Å². The third kappa shape index (κ3) is 4.56. The molecule has 0 aliphatic carbocycles. The molecule has 0 heterocycles. The summed E-state index contributed by atoms with van der Waals surface area (Å²) in [4.78, 5) is 0. The molecule has 0 atom stereocenters. The van der Waals surface area contributed by atoms with Crippen molar-refractivity contribution < 1.29 is 22.3 Å². The molecular formula is C25H22F4O. The van der Waals surface area contributed by atoms with Crippen LogP contribution in [0.5, 0.6) is 5.75 Å². The Morgan fingerprint density at radius 1 is 0.767 bits per heavy atom. The maximum atomic E-state index is 14.4. The molecule has 0 aromatic heterocycles. The second kappa shape index (κ2) is 9.61. The minimum Gasteiger partial charge on any atom is -0.491 e. The van der Waals surface area contributed by atoms with Crippen molar-refractivity contribution in [3.8, 4) is 16.9 Å². The Bertz CT molecular complexity index is 1060. The van der Waals surface area contributed by atoms with Gasteiger partial charge in [0.05, 0.1) is 6.61 Å². The van der Waals surface area contributed by atoms with Crippen molar-refractivity contribution in [2.45, 2.75) is 26.7 Å². The van der Waals surface area contributed by atoms with E-state index in [1.165, 1.54) is 18.2 Å². The lowest BCUT2D eigenvalue weighted by atomic mass is 9.99. The Morgan fingerprint density at radius 2 is 1.50 bits per heavy atom. The van der Waals surface area contributed by atoms with Crippen LogP contribution < -0.4 is 4.74 Å². The fourth-order valence-electron chi connectivity index (χ4n) is 3.26. The molecule has 156 valence electrons. The maximum Gasteiger partial charge on any atom is 0.201 e. The molecule has 0 spiro atoms. The summed E-state index contributed by atoms with van der Waals surface area (Å²) in [5.41, 5.74) is 2.04. The summed E-state index contributed by atoms with van der Waals surface area (Å²) in [6.45, 7) is 3.68. The molecule has 0 saturated heterocycles. The Hall–Kier alpha value is -3.08. The van der Waals surface area contributed by atoms with Gasteiger partial charge in [0.15, 0.2) is 23.2 Å². The van der Waals surface area contributed by atoms with Gasteiger partial charge in [0, 0.05) is 11.1 Å². The van der Waals surface area contributed by atoms with E-state index in [4.69, 9.17) is 4.74 Å². The Labute approximate surface area is 173 Å². The van der Waals surface area contributed by atoms with Gasteiger partial charge in [0.1, 0.15) is 0 Å². The van der Waals surface area contributed by atoms with Crippen molar-refractivity contribution in [3.63, 3.8) is 0 Å². The van der Waals surface area contributed by atoms with Gasteiger partial charge < -0.3 is 4.74 Å². The molecule has 5 heteroatoms. The first-order valence-electron chi connectivity index (χ1n) is 9.76. The fourth-order valence-corrected chi connectivity index (χ4v) is 3.26. The Kier molecular flexibility index (Phi) is 6.93. The Balaban J connectivity index is 1.74. The number of benzene rings is 3. The van der Waals surface area contributed by atoms with E-state index in [1.807, 2.05) is 0 Å². The van der Waals surface area contributed by atoms with Crippen LogP contribution in [-0.2, 0) is 12.8 Å². The molecule has 0 aliphatic heterocycles. The van der Waals surface area contributed by atoms with Crippen LogP contribution in [0.15, 0.2) is 54.6 Å². The second-order valence-corrected chi connectivity index (χ2v) is 6.81. The van der Waals surface area contributed by atoms with Gasteiger partial charge >= 0.3 is 0 Å². The van der Waals surface area contributed by atoms with Crippen LogP contribution in [0.3, 0.4) is 0 Å². The lowest BCUT2D eigenvalue weighted by molar-refractivity contribution is 0.314. The molecule has 0 fully saturated rings. The molecule has 0 aliphatic rings. The number of rotatable bonds is 7. The third-order valence-corrected chi connectivity index (χ3v) is 4.83. The lowest BCUT2D eigenvalue weighted by Gasteiger charge is -2.10. The summed E-state index contributed by atoms with van der Waals surface area (Å²) in [6.07, 6.45) is 3.98. The first-order chi connectivity index (χ1) is 14.5. The molecule has 0 radical (unpaired) electrons.